The third kappa shape index (κ3) is 3.16. The van der Waals surface area contributed by atoms with E-state index in [0.29, 0.717) is 14.9 Å². The van der Waals surface area contributed by atoms with Crippen molar-refractivity contribution in [3.63, 3.8) is 0 Å². The second-order valence-electron chi connectivity index (χ2n) is 2.78. The van der Waals surface area contributed by atoms with Crippen LogP contribution in [0.4, 0.5) is 0 Å². The summed E-state index contributed by atoms with van der Waals surface area (Å²) in [5, 5.41) is 1.35. The van der Waals surface area contributed by atoms with E-state index in [1.54, 1.807) is 0 Å². The average Bonchev–Trinajstić information content (AvgIpc) is 2.28. The third-order valence-electron chi connectivity index (χ3n) is 1.73. The van der Waals surface area contributed by atoms with Gasteiger partial charge in [0.15, 0.2) is 0 Å². The molecule has 0 aromatic heterocycles. The normalized spacial score (nSPS) is 11.4. The summed E-state index contributed by atoms with van der Waals surface area (Å²) in [5.41, 5.74) is 0. The van der Waals surface area contributed by atoms with Crippen LogP contribution in [0, 0.1) is 0 Å². The van der Waals surface area contributed by atoms with Gasteiger partial charge < -0.3 is 0 Å². The smallest absolute Gasteiger partial charge is 0.0809 e. The van der Waals surface area contributed by atoms with E-state index in [9.17, 15) is 0 Å². The largest absolute Gasteiger partial charge is 0.119 e. The highest BCUT2D eigenvalue weighted by Crippen LogP contribution is 2.47. The quantitative estimate of drug-likeness (QED) is 0.259. The Morgan fingerprint density at radius 2 is 1.31 bits per heavy atom. The van der Waals surface area contributed by atoms with E-state index >= 15 is 0 Å². The highest BCUT2D eigenvalue weighted by Gasteiger charge is 2.18. The van der Waals surface area contributed by atoms with Crippen LogP contribution in [0.2, 0.25) is 25.1 Å². The van der Waals surface area contributed by atoms with Crippen LogP contribution in [0.25, 0.3) is 0 Å². The van der Waals surface area contributed by atoms with Crippen LogP contribution in [0.15, 0.2) is 17.0 Å². The van der Waals surface area contributed by atoms with Gasteiger partial charge in [0, 0.05) is 10.6 Å². The summed E-state index contributed by atoms with van der Waals surface area (Å²) in [6.07, 6.45) is 3.92. The van der Waals surface area contributed by atoms with E-state index in [1.807, 2.05) is 19.1 Å². The van der Waals surface area contributed by atoms with Crippen LogP contribution in [-0.4, -0.2) is 5.75 Å². The van der Waals surface area contributed by atoms with E-state index in [4.69, 9.17) is 58.0 Å². The van der Waals surface area contributed by atoms with Gasteiger partial charge in [-0.25, -0.2) is 0 Å². The van der Waals surface area contributed by atoms with Crippen LogP contribution in [0.5, 0.6) is 0 Å². The molecule has 1 aromatic rings. The van der Waals surface area contributed by atoms with Crippen molar-refractivity contribution >= 4 is 69.8 Å². The van der Waals surface area contributed by atoms with Crippen molar-refractivity contribution in [3.8, 4) is 0 Å². The Hall–Kier alpha value is 0.760. The second kappa shape index (κ2) is 6.63. The summed E-state index contributed by atoms with van der Waals surface area (Å²) in [6, 6.07) is 0. The number of hydrogen-bond donors (Lipinski definition) is 0. The van der Waals surface area contributed by atoms with Gasteiger partial charge >= 0.3 is 0 Å². The van der Waals surface area contributed by atoms with E-state index < -0.39 is 0 Å². The fourth-order valence-corrected chi connectivity index (χ4v) is 3.43. The van der Waals surface area contributed by atoms with Crippen molar-refractivity contribution in [1.29, 1.82) is 0 Å². The zero-order valence-electron chi connectivity index (χ0n) is 8.16. The van der Waals surface area contributed by atoms with E-state index in [2.05, 4.69) is 0 Å². The van der Waals surface area contributed by atoms with Crippen molar-refractivity contribution in [1.82, 2.24) is 0 Å². The molecule has 0 aliphatic carbocycles. The molecule has 0 aliphatic rings. The Kier molecular flexibility index (Phi) is 6.14. The van der Waals surface area contributed by atoms with Crippen molar-refractivity contribution < 1.29 is 0 Å². The molecule has 0 spiro atoms. The predicted molar refractivity (Wildman–Crippen MR) is 77.0 cm³/mol. The number of halogens is 5. The number of thioether (sulfide) groups is 1. The van der Waals surface area contributed by atoms with Gasteiger partial charge in [-0.2, -0.15) is 0 Å². The van der Waals surface area contributed by atoms with Gasteiger partial charge in [-0.3, -0.25) is 0 Å². The molecule has 1 rings (SSSR count). The maximum Gasteiger partial charge on any atom is 0.0809 e. The van der Waals surface area contributed by atoms with Crippen LogP contribution in [0.1, 0.15) is 6.92 Å². The van der Waals surface area contributed by atoms with Crippen LogP contribution < -0.4 is 0 Å². The minimum Gasteiger partial charge on any atom is -0.119 e. The number of hydrogen-bond acceptors (Lipinski definition) is 1. The van der Waals surface area contributed by atoms with Crippen LogP contribution >= 0.6 is 69.8 Å². The molecule has 0 aliphatic heterocycles. The van der Waals surface area contributed by atoms with Gasteiger partial charge in [0.25, 0.3) is 0 Å². The van der Waals surface area contributed by atoms with Gasteiger partial charge in [0.1, 0.15) is 0 Å². The monoisotopic (exact) mass is 334 g/mol. The topological polar surface area (TPSA) is 0 Å². The summed E-state index contributed by atoms with van der Waals surface area (Å²) < 4.78 is 0. The lowest BCUT2D eigenvalue weighted by Crippen LogP contribution is -1.84. The molecule has 1 aromatic carbocycles. The van der Waals surface area contributed by atoms with Crippen molar-refractivity contribution in [2.75, 3.05) is 5.75 Å². The maximum atomic E-state index is 6.05. The Morgan fingerprint density at radius 1 is 0.875 bits per heavy atom. The summed E-state index contributed by atoms with van der Waals surface area (Å²) >= 11 is 31.3. The van der Waals surface area contributed by atoms with Gasteiger partial charge in [0.05, 0.1) is 25.1 Å². The zero-order chi connectivity index (χ0) is 12.3. The number of rotatable bonds is 3. The van der Waals surface area contributed by atoms with Gasteiger partial charge in [0.2, 0.25) is 0 Å². The van der Waals surface area contributed by atoms with Crippen molar-refractivity contribution in [2.24, 2.45) is 0 Å². The molecule has 0 N–H and O–H groups in total. The summed E-state index contributed by atoms with van der Waals surface area (Å²) in [7, 11) is 0. The second-order valence-corrected chi connectivity index (χ2v) is 5.70. The Morgan fingerprint density at radius 3 is 1.75 bits per heavy atom. The molecule has 0 heterocycles. The molecule has 0 radical (unpaired) electrons. The minimum absolute atomic E-state index is 0.189. The Bertz CT molecular complexity index is 399. The molecular formula is C10H7Cl5S. The lowest BCUT2D eigenvalue weighted by molar-refractivity contribution is 1.45. The number of allylic oxidation sites excluding steroid dienone is 1. The first-order valence-corrected chi connectivity index (χ1v) is 7.13. The molecule has 0 unspecified atom stereocenters. The highest BCUT2D eigenvalue weighted by atomic mass is 35.5. The molecule has 0 atom stereocenters. The first kappa shape index (κ1) is 14.8. The van der Waals surface area contributed by atoms with Gasteiger partial charge in [-0.15, -0.1) is 11.8 Å². The first-order valence-electron chi connectivity index (χ1n) is 4.26. The van der Waals surface area contributed by atoms with Gasteiger partial charge in [-0.05, 0) is 6.92 Å². The summed E-state index contributed by atoms with van der Waals surface area (Å²) in [4.78, 5) is 0.654. The van der Waals surface area contributed by atoms with Crippen LogP contribution in [0.3, 0.4) is 0 Å². The minimum atomic E-state index is 0.189. The SMILES string of the molecule is C/C=C/CSc1c(Cl)c(Cl)c(Cl)c(Cl)c1Cl. The molecule has 0 amide bonds. The molecule has 6 heteroatoms. The predicted octanol–water partition coefficient (Wildman–Crippen LogP) is 6.62. The molecule has 88 valence electrons. The molecule has 0 saturated heterocycles. The molecule has 0 nitrogen and oxygen atoms in total. The highest BCUT2D eigenvalue weighted by molar-refractivity contribution is 7.99. The third-order valence-corrected chi connectivity index (χ3v) is 5.29. The molecular weight excluding hydrogens is 329 g/mol. The van der Waals surface area contributed by atoms with Gasteiger partial charge in [-0.1, -0.05) is 70.2 Å². The first-order chi connectivity index (χ1) is 7.50. The average molecular weight is 336 g/mol. The molecule has 0 saturated carbocycles. The van der Waals surface area contributed by atoms with E-state index in [0.717, 1.165) is 5.75 Å². The lowest BCUT2D eigenvalue weighted by Gasteiger charge is -2.10. The fourth-order valence-electron chi connectivity index (χ4n) is 0.939. The van der Waals surface area contributed by atoms with E-state index in [-0.39, 0.29) is 15.1 Å². The zero-order valence-corrected chi connectivity index (χ0v) is 12.8. The lowest BCUT2D eigenvalue weighted by atomic mass is 10.3. The number of benzene rings is 1. The van der Waals surface area contributed by atoms with E-state index in [1.165, 1.54) is 11.8 Å². The Labute approximate surface area is 124 Å². The summed E-state index contributed by atoms with van der Waals surface area (Å²) in [6.45, 7) is 1.94. The maximum absolute atomic E-state index is 6.05. The Balaban J connectivity index is 3.18. The van der Waals surface area contributed by atoms with Crippen molar-refractivity contribution in [2.45, 2.75) is 11.8 Å². The molecule has 0 fully saturated rings. The molecule has 0 bridgehead atoms. The molecule has 16 heavy (non-hydrogen) atoms. The fraction of sp³-hybridized carbons (Fsp3) is 0.200. The standard InChI is InChI=1S/C10H7Cl5S/c1-2-3-4-16-10-8(14)6(12)5(11)7(13)9(10)15/h2-3H,4H2,1H3/b3-2+. The van der Waals surface area contributed by atoms with Crippen molar-refractivity contribution in [3.05, 3.63) is 37.3 Å². The van der Waals surface area contributed by atoms with Crippen LogP contribution in [-0.2, 0) is 0 Å². The summed E-state index contributed by atoms with van der Waals surface area (Å²) in [5.74, 6) is 0.740.